The van der Waals surface area contributed by atoms with Gasteiger partial charge in [0.15, 0.2) is 0 Å². The van der Waals surface area contributed by atoms with Gasteiger partial charge in [0.25, 0.3) is 0 Å². The Morgan fingerprint density at radius 3 is 2.38 bits per heavy atom. The van der Waals surface area contributed by atoms with Crippen LogP contribution in [-0.4, -0.2) is 12.5 Å². The van der Waals surface area contributed by atoms with Gasteiger partial charge in [-0.05, 0) is 23.8 Å². The van der Waals surface area contributed by atoms with Gasteiger partial charge in [0.1, 0.15) is 5.75 Å². The minimum atomic E-state index is -2.89. The summed E-state index contributed by atoms with van der Waals surface area (Å²) in [5.41, 5.74) is 1.57. The Morgan fingerprint density at radius 1 is 1.12 bits per heavy atom. The van der Waals surface area contributed by atoms with Crippen molar-refractivity contribution >= 4 is 11.6 Å². The number of hydrogen-bond donors (Lipinski definition) is 1. The molecule has 0 aliphatic rings. The fourth-order valence-corrected chi connectivity index (χ4v) is 2.14. The highest BCUT2D eigenvalue weighted by Crippen LogP contribution is 2.28. The topological polar surface area (TPSA) is 38.3 Å². The first-order valence-electron chi connectivity index (χ1n) is 7.69. The standard InChI is InChI=1S/C19H21F2NO2/c1-19(2,3)17(23)22-15-9-10-16(24-18(20)21)14(12-15)11-13-7-5-4-6-8-13/h4-10,12,18H,11H2,1-3H3,(H,22,23). The van der Waals surface area contributed by atoms with Crippen molar-refractivity contribution in [3.63, 3.8) is 0 Å². The molecule has 2 rings (SSSR count). The summed E-state index contributed by atoms with van der Waals surface area (Å²) in [5, 5.41) is 2.81. The van der Waals surface area contributed by atoms with E-state index in [1.807, 2.05) is 51.1 Å². The number of amides is 1. The summed E-state index contributed by atoms with van der Waals surface area (Å²) in [6.07, 6.45) is 0.433. The molecule has 0 bridgehead atoms. The zero-order valence-corrected chi connectivity index (χ0v) is 14.0. The van der Waals surface area contributed by atoms with Crippen molar-refractivity contribution < 1.29 is 18.3 Å². The molecule has 1 amide bonds. The van der Waals surface area contributed by atoms with Crippen LogP contribution >= 0.6 is 0 Å². The lowest BCUT2D eigenvalue weighted by Gasteiger charge is -2.19. The number of alkyl halides is 2. The molecule has 2 aromatic rings. The Balaban J connectivity index is 2.29. The molecule has 5 heteroatoms. The van der Waals surface area contributed by atoms with Crippen molar-refractivity contribution in [2.75, 3.05) is 5.32 Å². The van der Waals surface area contributed by atoms with Gasteiger partial charge in [0, 0.05) is 23.1 Å². The number of carbonyl (C=O) groups excluding carboxylic acids is 1. The molecule has 0 aliphatic heterocycles. The molecule has 128 valence electrons. The largest absolute Gasteiger partial charge is 0.435 e. The van der Waals surface area contributed by atoms with Crippen LogP contribution in [0, 0.1) is 5.41 Å². The molecule has 0 heterocycles. The van der Waals surface area contributed by atoms with E-state index in [1.54, 1.807) is 12.1 Å². The Labute approximate surface area is 140 Å². The second kappa shape index (κ2) is 7.43. The maximum Gasteiger partial charge on any atom is 0.387 e. The number of halogens is 2. The zero-order valence-electron chi connectivity index (χ0n) is 14.0. The van der Waals surface area contributed by atoms with Crippen molar-refractivity contribution in [2.45, 2.75) is 33.8 Å². The monoisotopic (exact) mass is 333 g/mol. The Bertz CT molecular complexity index is 694. The van der Waals surface area contributed by atoms with Crippen LogP contribution in [0.3, 0.4) is 0 Å². The van der Waals surface area contributed by atoms with Crippen molar-refractivity contribution in [1.82, 2.24) is 0 Å². The van der Waals surface area contributed by atoms with Crippen molar-refractivity contribution in [3.05, 3.63) is 59.7 Å². The van der Waals surface area contributed by atoms with E-state index in [0.29, 0.717) is 17.7 Å². The maximum atomic E-state index is 12.6. The summed E-state index contributed by atoms with van der Waals surface area (Å²) in [4.78, 5) is 12.1. The van der Waals surface area contributed by atoms with E-state index in [2.05, 4.69) is 10.1 Å². The van der Waals surface area contributed by atoms with Crippen LogP contribution in [-0.2, 0) is 11.2 Å². The molecule has 2 aromatic carbocycles. The quantitative estimate of drug-likeness (QED) is 0.848. The molecule has 0 radical (unpaired) electrons. The number of ether oxygens (including phenoxy) is 1. The van der Waals surface area contributed by atoms with E-state index in [0.717, 1.165) is 5.56 Å². The summed E-state index contributed by atoms with van der Waals surface area (Å²) in [5.74, 6) is -0.0294. The predicted octanol–water partition coefficient (Wildman–Crippen LogP) is 4.86. The molecular weight excluding hydrogens is 312 g/mol. The summed E-state index contributed by atoms with van der Waals surface area (Å²) in [6.45, 7) is 2.53. The molecule has 0 atom stereocenters. The molecule has 24 heavy (non-hydrogen) atoms. The van der Waals surface area contributed by atoms with Crippen LogP contribution < -0.4 is 10.1 Å². The van der Waals surface area contributed by atoms with E-state index >= 15 is 0 Å². The summed E-state index contributed by atoms with van der Waals surface area (Å²) < 4.78 is 29.8. The van der Waals surface area contributed by atoms with Crippen LogP contribution in [0.5, 0.6) is 5.75 Å². The molecule has 0 unspecified atom stereocenters. The first kappa shape index (κ1) is 17.9. The minimum Gasteiger partial charge on any atom is -0.435 e. The number of carbonyl (C=O) groups is 1. The second-order valence-corrected chi connectivity index (χ2v) is 6.57. The van der Waals surface area contributed by atoms with Crippen molar-refractivity contribution in [2.24, 2.45) is 5.41 Å². The van der Waals surface area contributed by atoms with Gasteiger partial charge >= 0.3 is 6.61 Å². The van der Waals surface area contributed by atoms with E-state index in [1.165, 1.54) is 6.07 Å². The van der Waals surface area contributed by atoms with Crippen molar-refractivity contribution in [1.29, 1.82) is 0 Å². The third kappa shape index (κ3) is 5.05. The molecule has 0 spiro atoms. The molecule has 0 saturated carbocycles. The minimum absolute atomic E-state index is 0.114. The highest BCUT2D eigenvalue weighted by atomic mass is 19.3. The smallest absolute Gasteiger partial charge is 0.387 e. The lowest BCUT2D eigenvalue weighted by molar-refractivity contribution is -0.123. The number of nitrogens with one attached hydrogen (secondary N) is 1. The van der Waals surface area contributed by atoms with E-state index in [4.69, 9.17) is 0 Å². The van der Waals surface area contributed by atoms with E-state index in [9.17, 15) is 13.6 Å². The Hall–Kier alpha value is -2.43. The van der Waals surface area contributed by atoms with Gasteiger partial charge in [0.2, 0.25) is 5.91 Å². The molecule has 0 aromatic heterocycles. The summed E-state index contributed by atoms with van der Waals surface area (Å²) in [7, 11) is 0. The average Bonchev–Trinajstić information content (AvgIpc) is 2.49. The Morgan fingerprint density at radius 2 is 1.79 bits per heavy atom. The van der Waals surface area contributed by atoms with Crippen LogP contribution in [0.2, 0.25) is 0 Å². The van der Waals surface area contributed by atoms with Crippen LogP contribution in [0.1, 0.15) is 31.9 Å². The first-order chi connectivity index (χ1) is 11.3. The molecule has 0 fully saturated rings. The third-order valence-electron chi connectivity index (χ3n) is 3.45. The highest BCUT2D eigenvalue weighted by molar-refractivity contribution is 5.94. The molecule has 0 aliphatic carbocycles. The molecular formula is C19H21F2NO2. The third-order valence-corrected chi connectivity index (χ3v) is 3.45. The van der Waals surface area contributed by atoms with Crippen molar-refractivity contribution in [3.8, 4) is 5.75 Å². The molecule has 3 nitrogen and oxygen atoms in total. The lowest BCUT2D eigenvalue weighted by Crippen LogP contribution is -2.27. The van der Waals surface area contributed by atoms with Crippen LogP contribution in [0.4, 0.5) is 14.5 Å². The lowest BCUT2D eigenvalue weighted by atomic mass is 9.95. The van der Waals surface area contributed by atoms with E-state index in [-0.39, 0.29) is 11.7 Å². The van der Waals surface area contributed by atoms with E-state index < -0.39 is 12.0 Å². The van der Waals surface area contributed by atoms with Gasteiger partial charge in [0.05, 0.1) is 0 Å². The van der Waals surface area contributed by atoms with Gasteiger partial charge in [-0.3, -0.25) is 4.79 Å². The van der Waals surface area contributed by atoms with Crippen LogP contribution in [0.15, 0.2) is 48.5 Å². The van der Waals surface area contributed by atoms with Crippen LogP contribution in [0.25, 0.3) is 0 Å². The summed E-state index contributed by atoms with van der Waals surface area (Å²) in [6, 6.07) is 14.2. The fraction of sp³-hybridized carbons (Fsp3) is 0.316. The fourth-order valence-electron chi connectivity index (χ4n) is 2.14. The maximum absolute atomic E-state index is 12.6. The number of hydrogen-bond acceptors (Lipinski definition) is 2. The SMILES string of the molecule is CC(C)(C)C(=O)Nc1ccc(OC(F)F)c(Cc2ccccc2)c1. The molecule has 0 saturated heterocycles. The Kier molecular flexibility index (Phi) is 5.54. The predicted molar refractivity (Wildman–Crippen MR) is 90.4 cm³/mol. The normalized spacial score (nSPS) is 11.4. The first-order valence-corrected chi connectivity index (χ1v) is 7.69. The van der Waals surface area contributed by atoms with Gasteiger partial charge in [-0.15, -0.1) is 0 Å². The number of rotatable bonds is 5. The highest BCUT2D eigenvalue weighted by Gasteiger charge is 2.21. The van der Waals surface area contributed by atoms with Gasteiger partial charge in [-0.25, -0.2) is 0 Å². The number of benzene rings is 2. The summed E-state index contributed by atoms with van der Waals surface area (Å²) >= 11 is 0. The number of anilines is 1. The molecule has 1 N–H and O–H groups in total. The average molecular weight is 333 g/mol. The zero-order chi connectivity index (χ0) is 17.7. The van der Waals surface area contributed by atoms with Gasteiger partial charge in [-0.2, -0.15) is 8.78 Å². The second-order valence-electron chi connectivity index (χ2n) is 6.57. The van der Waals surface area contributed by atoms with Gasteiger partial charge in [-0.1, -0.05) is 51.1 Å². The van der Waals surface area contributed by atoms with Gasteiger partial charge < -0.3 is 10.1 Å².